The number of para-hydroxylation sites is 1. The Balaban J connectivity index is 1.55. The molecule has 34 heavy (non-hydrogen) atoms. The molecule has 0 saturated carbocycles. The molecule has 0 radical (unpaired) electrons. The van der Waals surface area contributed by atoms with Crippen molar-refractivity contribution < 1.29 is 19.1 Å². The van der Waals surface area contributed by atoms with Crippen molar-refractivity contribution in [3.8, 4) is 11.5 Å². The number of ether oxygens (including phenoxy) is 2. The van der Waals surface area contributed by atoms with Crippen molar-refractivity contribution in [2.75, 3.05) is 32.6 Å². The topological polar surface area (TPSA) is 71.1 Å². The van der Waals surface area contributed by atoms with E-state index in [1.54, 1.807) is 7.05 Å². The van der Waals surface area contributed by atoms with Gasteiger partial charge in [-0.25, -0.2) is 4.79 Å². The lowest BCUT2D eigenvalue weighted by Gasteiger charge is -2.25. The van der Waals surface area contributed by atoms with Crippen LogP contribution in [0.3, 0.4) is 0 Å². The van der Waals surface area contributed by atoms with Crippen molar-refractivity contribution in [2.45, 2.75) is 19.1 Å². The zero-order valence-corrected chi connectivity index (χ0v) is 19.8. The first-order valence-corrected chi connectivity index (χ1v) is 11.1. The molecule has 0 bridgehead atoms. The third-order valence-electron chi connectivity index (χ3n) is 5.08. The lowest BCUT2D eigenvalue weighted by molar-refractivity contribution is -0.145. The number of nitrogens with one attached hydrogen (secondary N) is 1. The second kappa shape index (κ2) is 12.4. The van der Waals surface area contributed by atoms with Crippen LogP contribution in [0.25, 0.3) is 0 Å². The van der Waals surface area contributed by atoms with Crippen molar-refractivity contribution in [3.05, 3.63) is 90.5 Å². The lowest BCUT2D eigenvalue weighted by Crippen LogP contribution is -2.48. The number of carbonyl (C=O) groups is 2. The average molecular weight is 462 g/mol. The first kappa shape index (κ1) is 24.8. The molecule has 0 aliphatic rings. The number of hydrogen-bond donors (Lipinski definition) is 1. The SMILES string of the molecule is CN(C)C[C@@H](CC(=O)OCc1ccccc1)NC(=O)N(C)c1ccc(Oc2ccccc2)cc1. The second-order valence-electron chi connectivity index (χ2n) is 8.23. The Morgan fingerprint density at radius 3 is 2.03 bits per heavy atom. The van der Waals surface area contributed by atoms with Gasteiger partial charge >= 0.3 is 12.0 Å². The third kappa shape index (κ3) is 7.94. The molecule has 0 aromatic heterocycles. The van der Waals surface area contributed by atoms with Gasteiger partial charge in [0.05, 0.1) is 12.5 Å². The number of rotatable bonds is 10. The molecule has 0 aliphatic heterocycles. The largest absolute Gasteiger partial charge is 0.461 e. The van der Waals surface area contributed by atoms with Crippen LogP contribution in [0.1, 0.15) is 12.0 Å². The molecule has 0 saturated heterocycles. The van der Waals surface area contributed by atoms with Gasteiger partial charge < -0.3 is 19.7 Å². The van der Waals surface area contributed by atoms with E-state index in [1.165, 1.54) is 4.90 Å². The molecule has 0 unspecified atom stereocenters. The van der Waals surface area contributed by atoms with Crippen LogP contribution in [0.5, 0.6) is 11.5 Å². The number of likely N-dealkylation sites (N-methyl/N-ethyl adjacent to an activating group) is 1. The first-order valence-electron chi connectivity index (χ1n) is 11.1. The Morgan fingerprint density at radius 2 is 1.41 bits per heavy atom. The van der Waals surface area contributed by atoms with E-state index in [0.29, 0.717) is 18.0 Å². The number of carbonyl (C=O) groups excluding carboxylic acids is 2. The molecule has 0 heterocycles. The third-order valence-corrected chi connectivity index (χ3v) is 5.08. The Labute approximate surface area is 200 Å². The van der Waals surface area contributed by atoms with E-state index in [2.05, 4.69) is 5.32 Å². The Bertz CT molecular complexity index is 1040. The molecule has 1 atom stereocenters. The van der Waals surface area contributed by atoms with Gasteiger partial charge in [0.25, 0.3) is 0 Å². The molecular weight excluding hydrogens is 430 g/mol. The van der Waals surface area contributed by atoms with E-state index in [1.807, 2.05) is 104 Å². The molecule has 0 aliphatic carbocycles. The second-order valence-corrected chi connectivity index (χ2v) is 8.23. The summed E-state index contributed by atoms with van der Waals surface area (Å²) in [6.07, 6.45) is 0.0778. The molecular formula is C27H31N3O4. The minimum absolute atomic E-state index is 0.0778. The maximum atomic E-state index is 12.9. The predicted molar refractivity (Wildman–Crippen MR) is 133 cm³/mol. The van der Waals surface area contributed by atoms with E-state index in [9.17, 15) is 9.59 Å². The average Bonchev–Trinajstić information content (AvgIpc) is 2.83. The molecule has 3 aromatic carbocycles. The molecule has 3 aromatic rings. The summed E-state index contributed by atoms with van der Waals surface area (Å²) in [6.45, 7) is 0.712. The summed E-state index contributed by atoms with van der Waals surface area (Å²) in [4.78, 5) is 28.7. The van der Waals surface area contributed by atoms with Crippen LogP contribution in [0.4, 0.5) is 10.5 Å². The van der Waals surface area contributed by atoms with E-state index in [0.717, 1.165) is 11.3 Å². The molecule has 178 valence electrons. The maximum absolute atomic E-state index is 12.9. The molecule has 0 fully saturated rings. The van der Waals surface area contributed by atoms with E-state index in [-0.39, 0.29) is 25.0 Å². The monoisotopic (exact) mass is 461 g/mol. The molecule has 2 amide bonds. The van der Waals surface area contributed by atoms with E-state index in [4.69, 9.17) is 9.47 Å². The number of benzene rings is 3. The highest BCUT2D eigenvalue weighted by Gasteiger charge is 2.21. The van der Waals surface area contributed by atoms with Crippen molar-refractivity contribution in [3.63, 3.8) is 0 Å². The number of nitrogens with zero attached hydrogens (tertiary/aromatic N) is 2. The summed E-state index contributed by atoms with van der Waals surface area (Å²) in [6, 6.07) is 25.5. The number of urea groups is 1. The number of hydrogen-bond acceptors (Lipinski definition) is 5. The van der Waals surface area contributed by atoms with Gasteiger partial charge in [-0.2, -0.15) is 0 Å². The van der Waals surface area contributed by atoms with Gasteiger partial charge in [-0.05, 0) is 56.1 Å². The van der Waals surface area contributed by atoms with Gasteiger partial charge in [-0.3, -0.25) is 9.69 Å². The lowest BCUT2D eigenvalue weighted by atomic mass is 10.2. The van der Waals surface area contributed by atoms with Crippen molar-refractivity contribution in [1.29, 1.82) is 0 Å². The van der Waals surface area contributed by atoms with E-state index < -0.39 is 6.04 Å². The van der Waals surface area contributed by atoms with Gasteiger partial charge in [0.15, 0.2) is 0 Å². The molecule has 0 spiro atoms. The van der Waals surface area contributed by atoms with Gasteiger partial charge in [0, 0.05) is 19.3 Å². The normalized spacial score (nSPS) is 11.5. The molecule has 3 rings (SSSR count). The summed E-state index contributed by atoms with van der Waals surface area (Å²) in [7, 11) is 5.47. The van der Waals surface area contributed by atoms with E-state index >= 15 is 0 Å². The standard InChI is InChI=1S/C27H31N3O4/c1-29(2)19-22(18-26(31)33-20-21-10-6-4-7-11-21)28-27(32)30(3)23-14-16-25(17-15-23)34-24-12-8-5-9-13-24/h4-17,22H,18-20H2,1-3H3,(H,28,32)/t22-/m1/s1. The number of anilines is 1. The zero-order chi connectivity index (χ0) is 24.3. The zero-order valence-electron chi connectivity index (χ0n) is 19.8. The van der Waals surface area contributed by atoms with Crippen LogP contribution in [-0.4, -0.2) is 50.6 Å². The minimum atomic E-state index is -0.395. The van der Waals surface area contributed by atoms with Gasteiger partial charge in [-0.15, -0.1) is 0 Å². The predicted octanol–water partition coefficient (Wildman–Crippen LogP) is 4.69. The van der Waals surface area contributed by atoms with Gasteiger partial charge in [-0.1, -0.05) is 48.5 Å². The van der Waals surface area contributed by atoms with Crippen LogP contribution in [-0.2, 0) is 16.1 Å². The van der Waals surface area contributed by atoms with Gasteiger partial charge in [0.2, 0.25) is 0 Å². The smallest absolute Gasteiger partial charge is 0.321 e. The highest BCUT2D eigenvalue weighted by Crippen LogP contribution is 2.24. The fraction of sp³-hybridized carbons (Fsp3) is 0.259. The minimum Gasteiger partial charge on any atom is -0.461 e. The Kier molecular flexibility index (Phi) is 9.05. The molecule has 7 heteroatoms. The summed E-state index contributed by atoms with van der Waals surface area (Å²) < 4.78 is 11.2. The summed E-state index contributed by atoms with van der Waals surface area (Å²) in [5.74, 6) is 1.06. The fourth-order valence-electron chi connectivity index (χ4n) is 3.35. The molecule has 7 nitrogen and oxygen atoms in total. The Morgan fingerprint density at radius 1 is 0.824 bits per heavy atom. The van der Waals surface area contributed by atoms with Crippen LogP contribution in [0, 0.1) is 0 Å². The number of esters is 1. The highest BCUT2D eigenvalue weighted by molar-refractivity contribution is 5.92. The van der Waals surface area contributed by atoms with Crippen LogP contribution < -0.4 is 15.0 Å². The highest BCUT2D eigenvalue weighted by atomic mass is 16.5. The maximum Gasteiger partial charge on any atom is 0.321 e. The molecule has 1 N–H and O–H groups in total. The van der Waals surface area contributed by atoms with Crippen molar-refractivity contribution in [1.82, 2.24) is 10.2 Å². The number of amides is 2. The first-order chi connectivity index (χ1) is 16.4. The quantitative estimate of drug-likeness (QED) is 0.444. The summed E-state index contributed by atoms with van der Waals surface area (Å²) in [5.41, 5.74) is 1.62. The Hall–Kier alpha value is -3.84. The summed E-state index contributed by atoms with van der Waals surface area (Å²) in [5, 5.41) is 2.94. The van der Waals surface area contributed by atoms with Crippen molar-refractivity contribution in [2.24, 2.45) is 0 Å². The fourth-order valence-corrected chi connectivity index (χ4v) is 3.35. The summed E-state index contributed by atoms with van der Waals surface area (Å²) >= 11 is 0. The van der Waals surface area contributed by atoms with Crippen LogP contribution in [0.2, 0.25) is 0 Å². The van der Waals surface area contributed by atoms with Crippen LogP contribution in [0.15, 0.2) is 84.9 Å². The van der Waals surface area contributed by atoms with Gasteiger partial charge in [0.1, 0.15) is 18.1 Å². The van der Waals surface area contributed by atoms with Crippen molar-refractivity contribution >= 4 is 17.7 Å². The van der Waals surface area contributed by atoms with Crippen LogP contribution >= 0.6 is 0 Å².